The molecule has 1 atom stereocenters. The summed E-state index contributed by atoms with van der Waals surface area (Å²) in [5, 5.41) is 0.802. The third kappa shape index (κ3) is 2.90. The Kier molecular flexibility index (Phi) is 3.93. The minimum atomic E-state index is 0.0244. The molecule has 6 heteroatoms. The molecule has 5 rings (SSSR count). The van der Waals surface area contributed by atoms with Gasteiger partial charge < -0.3 is 4.42 Å². The van der Waals surface area contributed by atoms with Crippen molar-refractivity contribution in [1.29, 1.82) is 0 Å². The number of benzene rings is 1. The fourth-order valence-electron chi connectivity index (χ4n) is 3.75. The van der Waals surface area contributed by atoms with E-state index < -0.39 is 0 Å². The SMILES string of the molecule is CC1CCc2c(sc3ncn(Cc4coc(-c5ccccc5)n4)c(=O)c23)C1. The van der Waals surface area contributed by atoms with E-state index in [1.165, 1.54) is 10.4 Å². The highest BCUT2D eigenvalue weighted by Crippen LogP contribution is 2.35. The zero-order valence-corrected chi connectivity index (χ0v) is 15.8. The van der Waals surface area contributed by atoms with E-state index >= 15 is 0 Å². The standard InChI is InChI=1S/C21H19N3O2S/c1-13-7-8-16-17(9-13)27-20-18(16)21(25)24(12-22-20)10-15-11-26-19(23-15)14-5-3-2-4-6-14/h2-6,11-13H,7-10H2,1H3. The molecule has 0 bridgehead atoms. The summed E-state index contributed by atoms with van der Waals surface area (Å²) in [5.74, 6) is 1.24. The van der Waals surface area contributed by atoms with Crippen molar-refractivity contribution in [3.8, 4) is 11.5 Å². The lowest BCUT2D eigenvalue weighted by Crippen LogP contribution is -2.22. The quantitative estimate of drug-likeness (QED) is 0.534. The monoisotopic (exact) mass is 377 g/mol. The van der Waals surface area contributed by atoms with Crippen LogP contribution in [0.5, 0.6) is 0 Å². The molecule has 5 nitrogen and oxygen atoms in total. The van der Waals surface area contributed by atoms with E-state index in [9.17, 15) is 4.79 Å². The lowest BCUT2D eigenvalue weighted by molar-refractivity contribution is 0.509. The summed E-state index contributed by atoms with van der Waals surface area (Å²) >= 11 is 1.68. The first-order valence-corrected chi connectivity index (χ1v) is 10.00. The Balaban J connectivity index is 1.50. The zero-order chi connectivity index (χ0) is 18.4. The van der Waals surface area contributed by atoms with E-state index in [0.717, 1.165) is 40.7 Å². The fourth-order valence-corrected chi connectivity index (χ4v) is 5.09. The number of hydrogen-bond acceptors (Lipinski definition) is 5. The van der Waals surface area contributed by atoms with Crippen molar-refractivity contribution >= 4 is 21.6 Å². The second-order valence-corrected chi connectivity index (χ2v) is 8.30. The van der Waals surface area contributed by atoms with Gasteiger partial charge in [0, 0.05) is 10.4 Å². The molecule has 136 valence electrons. The van der Waals surface area contributed by atoms with Crippen LogP contribution in [-0.4, -0.2) is 14.5 Å². The predicted molar refractivity (Wildman–Crippen MR) is 106 cm³/mol. The van der Waals surface area contributed by atoms with Crippen LogP contribution in [0, 0.1) is 5.92 Å². The number of thiophene rings is 1. The first kappa shape index (κ1) is 16.4. The van der Waals surface area contributed by atoms with E-state index in [4.69, 9.17) is 4.42 Å². The second-order valence-electron chi connectivity index (χ2n) is 7.22. The molecule has 1 aromatic carbocycles. The smallest absolute Gasteiger partial charge is 0.262 e. The van der Waals surface area contributed by atoms with E-state index in [-0.39, 0.29) is 5.56 Å². The maximum atomic E-state index is 13.1. The number of oxazole rings is 1. The molecule has 0 aliphatic heterocycles. The molecule has 3 heterocycles. The van der Waals surface area contributed by atoms with Crippen molar-refractivity contribution in [3.63, 3.8) is 0 Å². The number of aromatic nitrogens is 3. The van der Waals surface area contributed by atoms with Gasteiger partial charge in [-0.1, -0.05) is 25.1 Å². The van der Waals surface area contributed by atoms with Gasteiger partial charge in [-0.05, 0) is 42.9 Å². The summed E-state index contributed by atoms with van der Waals surface area (Å²) in [6, 6.07) is 9.75. The molecule has 0 spiro atoms. The van der Waals surface area contributed by atoms with Gasteiger partial charge in [-0.15, -0.1) is 11.3 Å². The predicted octanol–water partition coefficient (Wildman–Crippen LogP) is 4.29. The molecule has 0 fully saturated rings. The van der Waals surface area contributed by atoms with Gasteiger partial charge in [-0.2, -0.15) is 0 Å². The minimum Gasteiger partial charge on any atom is -0.444 e. The summed E-state index contributed by atoms with van der Waals surface area (Å²) in [6.45, 7) is 2.63. The highest BCUT2D eigenvalue weighted by atomic mass is 32.1. The lowest BCUT2D eigenvalue weighted by atomic mass is 9.89. The average Bonchev–Trinajstić information content (AvgIpc) is 3.29. The van der Waals surface area contributed by atoms with Crippen LogP contribution in [0.2, 0.25) is 0 Å². The molecule has 4 aromatic rings. The number of aryl methyl sites for hydroxylation is 1. The normalized spacial score (nSPS) is 16.6. The Bertz CT molecular complexity index is 1170. The minimum absolute atomic E-state index is 0.0244. The topological polar surface area (TPSA) is 60.9 Å². The van der Waals surface area contributed by atoms with Gasteiger partial charge in [0.25, 0.3) is 5.56 Å². The Morgan fingerprint density at radius 3 is 3.00 bits per heavy atom. The highest BCUT2D eigenvalue weighted by molar-refractivity contribution is 7.18. The van der Waals surface area contributed by atoms with Gasteiger partial charge >= 0.3 is 0 Å². The van der Waals surface area contributed by atoms with Crippen molar-refractivity contribution in [2.75, 3.05) is 0 Å². The van der Waals surface area contributed by atoms with Crippen molar-refractivity contribution in [2.45, 2.75) is 32.7 Å². The highest BCUT2D eigenvalue weighted by Gasteiger charge is 2.23. The lowest BCUT2D eigenvalue weighted by Gasteiger charge is -2.17. The third-order valence-corrected chi connectivity index (χ3v) is 6.35. The molecule has 27 heavy (non-hydrogen) atoms. The Morgan fingerprint density at radius 2 is 2.15 bits per heavy atom. The molecule has 3 aromatic heterocycles. The van der Waals surface area contributed by atoms with Crippen LogP contribution < -0.4 is 5.56 Å². The second kappa shape index (κ2) is 6.46. The van der Waals surface area contributed by atoms with Gasteiger partial charge in [-0.3, -0.25) is 9.36 Å². The maximum Gasteiger partial charge on any atom is 0.262 e. The molecular weight excluding hydrogens is 358 g/mol. The number of hydrogen-bond donors (Lipinski definition) is 0. The molecular formula is C21H19N3O2S. The third-order valence-electron chi connectivity index (χ3n) is 5.19. The van der Waals surface area contributed by atoms with Crippen LogP contribution in [-0.2, 0) is 19.4 Å². The van der Waals surface area contributed by atoms with Crippen LogP contribution in [0.1, 0.15) is 29.5 Å². The van der Waals surface area contributed by atoms with Crippen LogP contribution in [0.15, 0.2) is 52.1 Å². The van der Waals surface area contributed by atoms with E-state index in [2.05, 4.69) is 16.9 Å². The number of rotatable bonds is 3. The van der Waals surface area contributed by atoms with Crippen molar-refractivity contribution < 1.29 is 4.42 Å². The van der Waals surface area contributed by atoms with Crippen molar-refractivity contribution in [1.82, 2.24) is 14.5 Å². The van der Waals surface area contributed by atoms with E-state index in [0.29, 0.717) is 18.4 Å². The van der Waals surface area contributed by atoms with Gasteiger partial charge in [-0.25, -0.2) is 9.97 Å². The van der Waals surface area contributed by atoms with Crippen LogP contribution in [0.3, 0.4) is 0 Å². The summed E-state index contributed by atoms with van der Waals surface area (Å²) in [6.07, 6.45) is 6.41. The number of fused-ring (bicyclic) bond motifs is 3. The van der Waals surface area contributed by atoms with Gasteiger partial charge in [0.15, 0.2) is 0 Å². The van der Waals surface area contributed by atoms with E-state index in [1.54, 1.807) is 28.5 Å². The summed E-state index contributed by atoms with van der Waals surface area (Å²) in [7, 11) is 0. The molecule has 1 aliphatic carbocycles. The number of nitrogens with zero attached hydrogens (tertiary/aromatic N) is 3. The van der Waals surface area contributed by atoms with Crippen LogP contribution in [0.4, 0.5) is 0 Å². The Hall–Kier alpha value is -2.73. The largest absolute Gasteiger partial charge is 0.444 e. The average molecular weight is 377 g/mol. The fraction of sp³-hybridized carbons (Fsp3) is 0.286. The molecule has 0 radical (unpaired) electrons. The Labute approximate surface area is 160 Å². The summed E-state index contributed by atoms with van der Waals surface area (Å²) < 4.78 is 7.23. The summed E-state index contributed by atoms with van der Waals surface area (Å²) in [5.41, 5.74) is 2.88. The van der Waals surface area contributed by atoms with Crippen molar-refractivity contribution in [3.05, 3.63) is 69.4 Å². The first-order chi connectivity index (χ1) is 13.2. The summed E-state index contributed by atoms with van der Waals surface area (Å²) in [4.78, 5) is 24.4. The molecule has 1 aliphatic rings. The molecule has 0 saturated carbocycles. The van der Waals surface area contributed by atoms with Gasteiger partial charge in [0.05, 0.1) is 24.0 Å². The molecule has 0 saturated heterocycles. The molecule has 1 unspecified atom stereocenters. The Morgan fingerprint density at radius 1 is 1.30 bits per heavy atom. The van der Waals surface area contributed by atoms with Crippen LogP contribution >= 0.6 is 11.3 Å². The van der Waals surface area contributed by atoms with Gasteiger partial charge in [0.2, 0.25) is 5.89 Å². The molecule has 0 N–H and O–H groups in total. The zero-order valence-electron chi connectivity index (χ0n) is 15.0. The van der Waals surface area contributed by atoms with Crippen LogP contribution in [0.25, 0.3) is 21.7 Å². The van der Waals surface area contributed by atoms with Gasteiger partial charge in [0.1, 0.15) is 11.1 Å². The van der Waals surface area contributed by atoms with E-state index in [1.807, 2.05) is 30.3 Å². The molecule has 0 amide bonds. The maximum absolute atomic E-state index is 13.1. The first-order valence-electron chi connectivity index (χ1n) is 9.18. The van der Waals surface area contributed by atoms with Crippen molar-refractivity contribution in [2.24, 2.45) is 5.92 Å².